The molecule has 1 saturated heterocycles. The molecule has 0 saturated carbocycles. The van der Waals surface area contributed by atoms with Crippen molar-refractivity contribution < 1.29 is 14.4 Å². The Morgan fingerprint density at radius 3 is 2.55 bits per heavy atom. The van der Waals surface area contributed by atoms with Crippen molar-refractivity contribution in [1.82, 2.24) is 0 Å². The van der Waals surface area contributed by atoms with Crippen LogP contribution in [0.15, 0.2) is 11.8 Å². The molecule has 1 heterocycles. The molecule has 0 unspecified atom stereocenters. The molecular weight excluding hydrogens is 142 g/mol. The van der Waals surface area contributed by atoms with Crippen molar-refractivity contribution in [2.24, 2.45) is 0 Å². The standard InChI is InChI=1S/C8H13NO2/c1-2-8(7-10)9-3-5-11-6-4-9/h2,7H,3-6H2,1H3/p+1/b8-2+. The van der Waals surface area contributed by atoms with Gasteiger partial charge in [-0.05, 0) is 13.0 Å². The maximum atomic E-state index is 10.5. The van der Waals surface area contributed by atoms with Crippen LogP contribution in [-0.4, -0.2) is 32.6 Å². The summed E-state index contributed by atoms with van der Waals surface area (Å²) >= 11 is 0. The molecule has 0 atom stereocenters. The van der Waals surface area contributed by atoms with Gasteiger partial charge in [-0.25, -0.2) is 0 Å². The lowest BCUT2D eigenvalue weighted by Gasteiger charge is -2.22. The van der Waals surface area contributed by atoms with Crippen LogP contribution in [0, 0.1) is 0 Å². The van der Waals surface area contributed by atoms with E-state index >= 15 is 0 Å². The predicted molar refractivity (Wildman–Crippen MR) is 41.3 cm³/mol. The van der Waals surface area contributed by atoms with Crippen molar-refractivity contribution in [3.63, 3.8) is 0 Å². The number of rotatable bonds is 2. The third-order valence-corrected chi connectivity index (χ3v) is 1.94. The summed E-state index contributed by atoms with van der Waals surface area (Å²) in [6, 6.07) is 0. The first-order valence-electron chi connectivity index (χ1n) is 3.92. The third kappa shape index (κ3) is 2.13. The number of nitrogens with one attached hydrogen (secondary N) is 1. The Hall–Kier alpha value is -0.670. The zero-order chi connectivity index (χ0) is 8.10. The van der Waals surface area contributed by atoms with Gasteiger partial charge in [-0.2, -0.15) is 0 Å². The van der Waals surface area contributed by atoms with Gasteiger partial charge < -0.3 is 4.74 Å². The second-order valence-corrected chi connectivity index (χ2v) is 2.58. The Labute approximate surface area is 66.6 Å². The van der Waals surface area contributed by atoms with Crippen LogP contribution in [0.3, 0.4) is 0 Å². The first-order valence-corrected chi connectivity index (χ1v) is 3.92. The van der Waals surface area contributed by atoms with E-state index in [1.165, 1.54) is 4.90 Å². The third-order valence-electron chi connectivity index (χ3n) is 1.94. The second kappa shape index (κ2) is 4.26. The van der Waals surface area contributed by atoms with Gasteiger partial charge in [-0.15, -0.1) is 0 Å². The van der Waals surface area contributed by atoms with Gasteiger partial charge in [-0.1, -0.05) is 0 Å². The van der Waals surface area contributed by atoms with Crippen LogP contribution in [0.25, 0.3) is 0 Å². The average molecular weight is 156 g/mol. The van der Waals surface area contributed by atoms with E-state index in [9.17, 15) is 4.79 Å². The topological polar surface area (TPSA) is 30.7 Å². The first-order chi connectivity index (χ1) is 5.38. The monoisotopic (exact) mass is 156 g/mol. The lowest BCUT2D eigenvalue weighted by Crippen LogP contribution is -3.12. The molecule has 3 nitrogen and oxygen atoms in total. The molecule has 1 fully saturated rings. The summed E-state index contributed by atoms with van der Waals surface area (Å²) in [6.07, 6.45) is 2.80. The number of quaternary nitrogens is 1. The average Bonchev–Trinajstić information content (AvgIpc) is 2.09. The molecule has 0 amide bonds. The first kappa shape index (κ1) is 8.43. The molecule has 0 radical (unpaired) electrons. The largest absolute Gasteiger partial charge is 0.370 e. The molecule has 1 aliphatic heterocycles. The van der Waals surface area contributed by atoms with Crippen molar-refractivity contribution >= 4 is 6.29 Å². The molecule has 1 rings (SSSR count). The highest BCUT2D eigenvalue weighted by atomic mass is 16.5. The van der Waals surface area contributed by atoms with Crippen LogP contribution in [0.1, 0.15) is 6.92 Å². The normalized spacial score (nSPS) is 21.7. The van der Waals surface area contributed by atoms with E-state index in [-0.39, 0.29) is 0 Å². The predicted octanol–water partition coefficient (Wildman–Crippen LogP) is -0.996. The summed E-state index contributed by atoms with van der Waals surface area (Å²) < 4.78 is 5.17. The van der Waals surface area contributed by atoms with E-state index in [1.807, 2.05) is 13.0 Å². The molecule has 0 aromatic heterocycles. The smallest absolute Gasteiger partial charge is 0.202 e. The Balaban J connectivity index is 2.49. The van der Waals surface area contributed by atoms with Crippen LogP contribution in [-0.2, 0) is 9.53 Å². The van der Waals surface area contributed by atoms with Gasteiger partial charge in [-0.3, -0.25) is 9.69 Å². The van der Waals surface area contributed by atoms with Crippen LogP contribution in [0.5, 0.6) is 0 Å². The van der Waals surface area contributed by atoms with Crippen molar-refractivity contribution in [2.45, 2.75) is 6.92 Å². The Kier molecular flexibility index (Phi) is 3.26. The highest BCUT2D eigenvalue weighted by molar-refractivity contribution is 5.69. The minimum absolute atomic E-state index is 0.764. The summed E-state index contributed by atoms with van der Waals surface area (Å²) in [6.45, 7) is 5.25. The Bertz CT molecular complexity index is 159. The Morgan fingerprint density at radius 1 is 1.45 bits per heavy atom. The molecule has 62 valence electrons. The number of hydrogen-bond donors (Lipinski definition) is 1. The molecule has 0 bridgehead atoms. The summed E-state index contributed by atoms with van der Waals surface area (Å²) in [5.74, 6) is 0. The van der Waals surface area contributed by atoms with Gasteiger partial charge in [0.15, 0.2) is 5.70 Å². The van der Waals surface area contributed by atoms with Crippen molar-refractivity contribution in [3.05, 3.63) is 11.8 Å². The SMILES string of the molecule is C/C=C(\C=O)[NH+]1CCOCC1. The van der Waals surface area contributed by atoms with E-state index in [0.29, 0.717) is 0 Å². The molecule has 1 aliphatic rings. The minimum atomic E-state index is 0.764. The molecule has 11 heavy (non-hydrogen) atoms. The van der Waals surface area contributed by atoms with Crippen LogP contribution in [0.2, 0.25) is 0 Å². The van der Waals surface area contributed by atoms with Gasteiger partial charge in [0.05, 0.1) is 13.2 Å². The van der Waals surface area contributed by atoms with E-state index < -0.39 is 0 Å². The number of allylic oxidation sites excluding steroid dienone is 2. The fourth-order valence-electron chi connectivity index (χ4n) is 1.26. The summed E-state index contributed by atoms with van der Waals surface area (Å²) in [5, 5.41) is 0. The van der Waals surface area contributed by atoms with Gasteiger partial charge in [0, 0.05) is 0 Å². The molecular formula is C8H14NO2+. The number of carbonyl (C=O) groups excluding carboxylic acids is 1. The zero-order valence-corrected chi connectivity index (χ0v) is 6.80. The number of ether oxygens (including phenoxy) is 1. The van der Waals surface area contributed by atoms with Crippen molar-refractivity contribution in [2.75, 3.05) is 26.3 Å². The molecule has 0 aromatic rings. The number of carbonyl (C=O) groups is 1. The number of morpholine rings is 1. The Morgan fingerprint density at radius 2 is 2.09 bits per heavy atom. The van der Waals surface area contributed by atoms with Crippen LogP contribution >= 0.6 is 0 Å². The van der Waals surface area contributed by atoms with Crippen LogP contribution < -0.4 is 4.90 Å². The van der Waals surface area contributed by atoms with E-state index in [1.54, 1.807) is 0 Å². The lowest BCUT2D eigenvalue weighted by molar-refractivity contribution is -0.864. The van der Waals surface area contributed by atoms with E-state index in [0.717, 1.165) is 38.3 Å². The fraction of sp³-hybridized carbons (Fsp3) is 0.625. The fourth-order valence-corrected chi connectivity index (χ4v) is 1.26. The van der Waals surface area contributed by atoms with Gasteiger partial charge in [0.25, 0.3) is 0 Å². The van der Waals surface area contributed by atoms with Crippen molar-refractivity contribution in [1.29, 1.82) is 0 Å². The number of aldehydes is 1. The highest BCUT2D eigenvalue weighted by Crippen LogP contribution is 1.81. The van der Waals surface area contributed by atoms with E-state index in [4.69, 9.17) is 4.74 Å². The molecule has 1 N–H and O–H groups in total. The maximum absolute atomic E-state index is 10.5. The quantitative estimate of drug-likeness (QED) is 0.411. The molecule has 0 aromatic carbocycles. The molecule has 0 aliphatic carbocycles. The van der Waals surface area contributed by atoms with Gasteiger partial charge in [0.2, 0.25) is 6.29 Å². The zero-order valence-electron chi connectivity index (χ0n) is 6.80. The maximum Gasteiger partial charge on any atom is 0.202 e. The lowest BCUT2D eigenvalue weighted by atomic mass is 10.3. The molecule has 0 spiro atoms. The summed E-state index contributed by atoms with van der Waals surface area (Å²) in [7, 11) is 0. The van der Waals surface area contributed by atoms with Crippen LogP contribution in [0.4, 0.5) is 0 Å². The molecule has 3 heteroatoms. The summed E-state index contributed by atoms with van der Waals surface area (Å²) in [5.41, 5.74) is 0.855. The highest BCUT2D eigenvalue weighted by Gasteiger charge is 2.17. The summed E-state index contributed by atoms with van der Waals surface area (Å²) in [4.78, 5) is 11.7. The van der Waals surface area contributed by atoms with E-state index in [2.05, 4.69) is 0 Å². The number of hydrogen-bond acceptors (Lipinski definition) is 2. The minimum Gasteiger partial charge on any atom is -0.370 e. The van der Waals surface area contributed by atoms with Crippen molar-refractivity contribution in [3.8, 4) is 0 Å². The second-order valence-electron chi connectivity index (χ2n) is 2.58. The van der Waals surface area contributed by atoms with Gasteiger partial charge in [0.1, 0.15) is 13.1 Å². The van der Waals surface area contributed by atoms with Gasteiger partial charge >= 0.3 is 0 Å².